The largest absolute Gasteiger partial charge is 0.494 e. The summed E-state index contributed by atoms with van der Waals surface area (Å²) in [7, 11) is 0. The molecule has 0 spiro atoms. The van der Waals surface area contributed by atoms with Crippen molar-refractivity contribution >= 4 is 0 Å². The summed E-state index contributed by atoms with van der Waals surface area (Å²) in [6.07, 6.45) is 4.45. The molecule has 0 radical (unpaired) electrons. The molecule has 0 atom stereocenters. The van der Waals surface area contributed by atoms with E-state index < -0.39 is 0 Å². The topological polar surface area (TPSA) is 27.7 Å². The summed E-state index contributed by atoms with van der Waals surface area (Å²) < 4.78 is 17.2. The van der Waals surface area contributed by atoms with E-state index in [1.54, 1.807) is 0 Å². The third kappa shape index (κ3) is 4.50. The first-order chi connectivity index (χ1) is 9.83. The van der Waals surface area contributed by atoms with Crippen LogP contribution in [-0.2, 0) is 9.47 Å². The molecule has 1 fully saturated rings. The molecule has 0 unspecified atom stereocenters. The first-order valence-electron chi connectivity index (χ1n) is 7.79. The van der Waals surface area contributed by atoms with Gasteiger partial charge in [-0.2, -0.15) is 0 Å². The summed E-state index contributed by atoms with van der Waals surface area (Å²) in [6.45, 7) is 6.74. The van der Waals surface area contributed by atoms with Crippen LogP contribution in [0.15, 0.2) is 24.3 Å². The van der Waals surface area contributed by atoms with E-state index in [0.717, 1.165) is 44.0 Å². The number of hydrogen-bond acceptors (Lipinski definition) is 3. The average Bonchev–Trinajstić information content (AvgIpc) is 2.52. The zero-order chi connectivity index (χ0) is 14.2. The second-order valence-electron chi connectivity index (χ2n) is 5.40. The van der Waals surface area contributed by atoms with Gasteiger partial charge in [-0.05, 0) is 25.0 Å². The van der Waals surface area contributed by atoms with E-state index in [9.17, 15) is 0 Å². The molecule has 3 nitrogen and oxygen atoms in total. The van der Waals surface area contributed by atoms with Crippen molar-refractivity contribution in [3.63, 3.8) is 0 Å². The Balaban J connectivity index is 1.79. The molecule has 1 heterocycles. The van der Waals surface area contributed by atoms with Crippen molar-refractivity contribution in [1.29, 1.82) is 0 Å². The smallest absolute Gasteiger partial charge is 0.183 e. The van der Waals surface area contributed by atoms with Crippen LogP contribution in [0.4, 0.5) is 0 Å². The van der Waals surface area contributed by atoms with Crippen molar-refractivity contribution in [3.05, 3.63) is 29.8 Å². The summed E-state index contributed by atoms with van der Waals surface area (Å²) in [5, 5.41) is 0. The molecule has 0 N–H and O–H groups in total. The van der Waals surface area contributed by atoms with Crippen molar-refractivity contribution in [2.45, 2.75) is 45.8 Å². The summed E-state index contributed by atoms with van der Waals surface area (Å²) in [5.74, 6) is 1.46. The van der Waals surface area contributed by atoms with Gasteiger partial charge in [0.25, 0.3) is 0 Å². The molecule has 1 saturated heterocycles. The molecule has 0 aromatic heterocycles. The summed E-state index contributed by atoms with van der Waals surface area (Å²) in [6, 6.07) is 8.07. The fourth-order valence-electron chi connectivity index (χ4n) is 2.23. The van der Waals surface area contributed by atoms with E-state index in [0.29, 0.717) is 5.92 Å². The third-order valence-electron chi connectivity index (χ3n) is 3.71. The van der Waals surface area contributed by atoms with Crippen LogP contribution in [0.1, 0.15) is 51.4 Å². The number of hydrogen-bond donors (Lipinski definition) is 0. The Hall–Kier alpha value is -1.06. The van der Waals surface area contributed by atoms with E-state index in [1.807, 2.05) is 24.3 Å². The van der Waals surface area contributed by atoms with Crippen molar-refractivity contribution < 1.29 is 14.2 Å². The Morgan fingerprint density at radius 2 is 1.75 bits per heavy atom. The van der Waals surface area contributed by atoms with Crippen LogP contribution in [0.25, 0.3) is 0 Å². The number of ether oxygens (including phenoxy) is 3. The fraction of sp³-hybridized carbons (Fsp3) is 0.647. The lowest BCUT2D eigenvalue weighted by Gasteiger charge is -2.29. The standard InChI is InChI=1S/C17H26O3/c1-3-5-6-11-18-16-9-7-15(8-10-16)17-19-12-14(4-2)13-20-17/h7-10,14,17H,3-6,11-13H2,1-2H3. The maximum atomic E-state index is 5.76. The van der Waals surface area contributed by atoms with Gasteiger partial charge < -0.3 is 14.2 Å². The van der Waals surface area contributed by atoms with E-state index in [1.165, 1.54) is 12.8 Å². The molecule has 1 aromatic rings. The minimum atomic E-state index is -0.216. The second kappa shape index (κ2) is 8.28. The monoisotopic (exact) mass is 278 g/mol. The first kappa shape index (κ1) is 15.3. The molecule has 0 saturated carbocycles. The van der Waals surface area contributed by atoms with Gasteiger partial charge in [0, 0.05) is 11.5 Å². The van der Waals surface area contributed by atoms with Gasteiger partial charge in [-0.25, -0.2) is 0 Å². The van der Waals surface area contributed by atoms with E-state index >= 15 is 0 Å². The maximum Gasteiger partial charge on any atom is 0.183 e. The molecule has 2 rings (SSSR count). The van der Waals surface area contributed by atoms with Gasteiger partial charge in [0.1, 0.15) is 5.75 Å². The summed E-state index contributed by atoms with van der Waals surface area (Å²) in [4.78, 5) is 0. The summed E-state index contributed by atoms with van der Waals surface area (Å²) in [5.41, 5.74) is 1.07. The van der Waals surface area contributed by atoms with Gasteiger partial charge in [-0.15, -0.1) is 0 Å². The highest BCUT2D eigenvalue weighted by Gasteiger charge is 2.22. The Bertz CT molecular complexity index is 366. The fourth-order valence-corrected chi connectivity index (χ4v) is 2.23. The molecule has 1 aliphatic rings. The lowest BCUT2D eigenvalue weighted by Crippen LogP contribution is -2.26. The highest BCUT2D eigenvalue weighted by atomic mass is 16.7. The Labute approximate surface area is 122 Å². The van der Waals surface area contributed by atoms with Crippen molar-refractivity contribution in [2.24, 2.45) is 5.92 Å². The van der Waals surface area contributed by atoms with Crippen LogP contribution in [0.2, 0.25) is 0 Å². The molecular formula is C17H26O3. The molecule has 0 bridgehead atoms. The van der Waals surface area contributed by atoms with Gasteiger partial charge >= 0.3 is 0 Å². The van der Waals surface area contributed by atoms with Crippen LogP contribution in [0.3, 0.4) is 0 Å². The van der Waals surface area contributed by atoms with E-state index in [2.05, 4.69) is 13.8 Å². The normalized spacial score (nSPS) is 22.7. The highest BCUT2D eigenvalue weighted by Crippen LogP contribution is 2.27. The SMILES string of the molecule is CCCCCOc1ccc(C2OCC(CC)CO2)cc1. The van der Waals surface area contributed by atoms with Crippen LogP contribution in [0.5, 0.6) is 5.75 Å². The van der Waals surface area contributed by atoms with Crippen LogP contribution < -0.4 is 4.74 Å². The molecule has 1 aromatic carbocycles. The van der Waals surface area contributed by atoms with Gasteiger partial charge in [0.15, 0.2) is 6.29 Å². The van der Waals surface area contributed by atoms with E-state index in [4.69, 9.17) is 14.2 Å². The van der Waals surface area contributed by atoms with Crippen LogP contribution in [0, 0.1) is 5.92 Å². The lowest BCUT2D eigenvalue weighted by molar-refractivity contribution is -0.205. The van der Waals surface area contributed by atoms with E-state index in [-0.39, 0.29) is 6.29 Å². The zero-order valence-corrected chi connectivity index (χ0v) is 12.6. The minimum Gasteiger partial charge on any atom is -0.494 e. The molecule has 1 aliphatic heterocycles. The van der Waals surface area contributed by atoms with Crippen molar-refractivity contribution in [2.75, 3.05) is 19.8 Å². The number of benzene rings is 1. The molecule has 20 heavy (non-hydrogen) atoms. The molecule has 0 amide bonds. The molecule has 0 aliphatic carbocycles. The Morgan fingerprint density at radius 1 is 1.05 bits per heavy atom. The lowest BCUT2D eigenvalue weighted by atomic mass is 10.1. The predicted octanol–water partition coefficient (Wildman–Crippen LogP) is 4.33. The molecule has 112 valence electrons. The number of rotatable bonds is 7. The van der Waals surface area contributed by atoms with Crippen molar-refractivity contribution in [1.82, 2.24) is 0 Å². The van der Waals surface area contributed by atoms with Crippen molar-refractivity contribution in [3.8, 4) is 5.75 Å². The average molecular weight is 278 g/mol. The predicted molar refractivity (Wildman–Crippen MR) is 79.9 cm³/mol. The Morgan fingerprint density at radius 3 is 2.35 bits per heavy atom. The van der Waals surface area contributed by atoms with Gasteiger partial charge in [0.05, 0.1) is 19.8 Å². The van der Waals surface area contributed by atoms with Gasteiger partial charge in [0.2, 0.25) is 0 Å². The maximum absolute atomic E-state index is 5.76. The first-order valence-corrected chi connectivity index (χ1v) is 7.79. The molecule has 3 heteroatoms. The second-order valence-corrected chi connectivity index (χ2v) is 5.40. The minimum absolute atomic E-state index is 0.216. The third-order valence-corrected chi connectivity index (χ3v) is 3.71. The summed E-state index contributed by atoms with van der Waals surface area (Å²) >= 11 is 0. The molecular weight excluding hydrogens is 252 g/mol. The highest BCUT2D eigenvalue weighted by molar-refractivity contribution is 5.28. The quantitative estimate of drug-likeness (QED) is 0.695. The zero-order valence-electron chi connectivity index (χ0n) is 12.6. The van der Waals surface area contributed by atoms with Crippen LogP contribution >= 0.6 is 0 Å². The van der Waals surface area contributed by atoms with Gasteiger partial charge in [-0.1, -0.05) is 38.8 Å². The number of unbranched alkanes of at least 4 members (excludes halogenated alkanes) is 2. The van der Waals surface area contributed by atoms with Gasteiger partial charge in [-0.3, -0.25) is 0 Å². The Kier molecular flexibility index (Phi) is 6.34. The van der Waals surface area contributed by atoms with Crippen LogP contribution in [-0.4, -0.2) is 19.8 Å².